The highest BCUT2D eigenvalue weighted by Gasteiger charge is 2.32. The van der Waals surface area contributed by atoms with Crippen molar-refractivity contribution < 1.29 is 8.91 Å². The van der Waals surface area contributed by atoms with Gasteiger partial charge in [0, 0.05) is 11.6 Å². The van der Waals surface area contributed by atoms with Crippen molar-refractivity contribution in [1.82, 2.24) is 15.5 Å². The van der Waals surface area contributed by atoms with Crippen LogP contribution < -0.4 is 5.32 Å². The summed E-state index contributed by atoms with van der Waals surface area (Å²) in [6.45, 7) is 3.05. The van der Waals surface area contributed by atoms with Crippen LogP contribution in [0.4, 0.5) is 4.39 Å². The monoisotopic (exact) mass is 275 g/mol. The van der Waals surface area contributed by atoms with Gasteiger partial charge in [-0.15, -0.1) is 0 Å². The number of rotatable bonds is 4. The van der Waals surface area contributed by atoms with E-state index in [0.717, 1.165) is 24.9 Å². The van der Waals surface area contributed by atoms with Crippen molar-refractivity contribution in [3.63, 3.8) is 0 Å². The van der Waals surface area contributed by atoms with Crippen molar-refractivity contribution in [2.75, 3.05) is 6.54 Å². The number of benzene rings is 1. The van der Waals surface area contributed by atoms with E-state index < -0.39 is 0 Å². The van der Waals surface area contributed by atoms with Gasteiger partial charge in [0.05, 0.1) is 5.92 Å². The molecular formula is C15H18FN3O. The minimum absolute atomic E-state index is 0.263. The highest BCUT2D eigenvalue weighted by molar-refractivity contribution is 5.53. The number of aromatic nitrogens is 2. The molecule has 0 amide bonds. The SMILES string of the molecule is CCNC1CCCC1c1nc(-c2ccc(F)cc2)no1. The van der Waals surface area contributed by atoms with E-state index in [0.29, 0.717) is 17.8 Å². The van der Waals surface area contributed by atoms with Gasteiger partial charge in [0.25, 0.3) is 0 Å². The topological polar surface area (TPSA) is 51.0 Å². The molecule has 2 aromatic rings. The second-order valence-corrected chi connectivity index (χ2v) is 5.16. The maximum atomic E-state index is 12.9. The fourth-order valence-electron chi connectivity index (χ4n) is 2.86. The number of halogens is 1. The van der Waals surface area contributed by atoms with E-state index in [1.807, 2.05) is 0 Å². The lowest BCUT2D eigenvalue weighted by Crippen LogP contribution is -2.31. The molecule has 1 fully saturated rings. The Kier molecular flexibility index (Phi) is 3.78. The summed E-state index contributed by atoms with van der Waals surface area (Å²) in [4.78, 5) is 4.48. The lowest BCUT2D eigenvalue weighted by atomic mass is 10.0. The second-order valence-electron chi connectivity index (χ2n) is 5.16. The van der Waals surface area contributed by atoms with Crippen molar-refractivity contribution in [1.29, 1.82) is 0 Å². The smallest absolute Gasteiger partial charge is 0.231 e. The average molecular weight is 275 g/mol. The first-order valence-corrected chi connectivity index (χ1v) is 7.11. The molecule has 2 unspecified atom stereocenters. The summed E-state index contributed by atoms with van der Waals surface area (Å²) in [5.74, 6) is 1.24. The third-order valence-corrected chi connectivity index (χ3v) is 3.84. The number of hydrogen-bond donors (Lipinski definition) is 1. The summed E-state index contributed by atoms with van der Waals surface area (Å²) in [5, 5.41) is 7.49. The molecule has 1 saturated carbocycles. The van der Waals surface area contributed by atoms with Crippen molar-refractivity contribution in [3.8, 4) is 11.4 Å². The van der Waals surface area contributed by atoms with Crippen LogP contribution in [0.1, 0.15) is 38.0 Å². The van der Waals surface area contributed by atoms with Crippen molar-refractivity contribution >= 4 is 0 Å². The maximum Gasteiger partial charge on any atom is 0.231 e. The van der Waals surface area contributed by atoms with Crippen LogP contribution in [-0.4, -0.2) is 22.7 Å². The van der Waals surface area contributed by atoms with Crippen molar-refractivity contribution in [2.24, 2.45) is 0 Å². The number of nitrogens with one attached hydrogen (secondary N) is 1. The van der Waals surface area contributed by atoms with Gasteiger partial charge in [0.2, 0.25) is 11.7 Å². The maximum absolute atomic E-state index is 12.9. The molecular weight excluding hydrogens is 257 g/mol. The molecule has 0 saturated heterocycles. The zero-order valence-electron chi connectivity index (χ0n) is 11.5. The Hall–Kier alpha value is -1.75. The molecule has 0 radical (unpaired) electrons. The normalized spacial score (nSPS) is 22.3. The van der Waals surface area contributed by atoms with Gasteiger partial charge in [0.15, 0.2) is 0 Å². The molecule has 106 valence electrons. The Morgan fingerprint density at radius 1 is 1.30 bits per heavy atom. The lowest BCUT2D eigenvalue weighted by molar-refractivity contribution is 0.332. The van der Waals surface area contributed by atoms with Crippen molar-refractivity contribution in [2.45, 2.75) is 38.1 Å². The zero-order chi connectivity index (χ0) is 13.9. The zero-order valence-corrected chi connectivity index (χ0v) is 11.5. The largest absolute Gasteiger partial charge is 0.339 e. The summed E-state index contributed by atoms with van der Waals surface area (Å²) < 4.78 is 18.3. The third-order valence-electron chi connectivity index (χ3n) is 3.84. The predicted molar refractivity (Wildman–Crippen MR) is 73.7 cm³/mol. The molecule has 0 spiro atoms. The van der Waals surface area contributed by atoms with Gasteiger partial charge >= 0.3 is 0 Å². The quantitative estimate of drug-likeness (QED) is 0.931. The Labute approximate surface area is 117 Å². The molecule has 0 aliphatic heterocycles. The summed E-state index contributed by atoms with van der Waals surface area (Å²) >= 11 is 0. The van der Waals surface area contributed by atoms with Gasteiger partial charge in [-0.3, -0.25) is 0 Å². The Morgan fingerprint density at radius 3 is 2.85 bits per heavy atom. The van der Waals surface area contributed by atoms with E-state index in [1.54, 1.807) is 12.1 Å². The third kappa shape index (κ3) is 2.58. The fourth-order valence-corrected chi connectivity index (χ4v) is 2.86. The van der Waals surface area contributed by atoms with E-state index >= 15 is 0 Å². The Bertz CT molecular complexity index is 567. The van der Waals surface area contributed by atoms with Crippen LogP contribution in [0.3, 0.4) is 0 Å². The molecule has 1 heterocycles. The highest BCUT2D eigenvalue weighted by Crippen LogP contribution is 2.34. The van der Waals surface area contributed by atoms with Crippen LogP contribution in [-0.2, 0) is 0 Å². The van der Waals surface area contributed by atoms with Crippen LogP contribution >= 0.6 is 0 Å². The number of likely N-dealkylation sites (N-methyl/N-ethyl adjacent to an activating group) is 1. The Balaban J connectivity index is 1.81. The molecule has 20 heavy (non-hydrogen) atoms. The first-order valence-electron chi connectivity index (χ1n) is 7.11. The predicted octanol–water partition coefficient (Wildman–Crippen LogP) is 3.12. The van der Waals surface area contributed by atoms with Gasteiger partial charge in [-0.2, -0.15) is 4.98 Å². The van der Waals surface area contributed by atoms with Gasteiger partial charge in [0.1, 0.15) is 5.82 Å². The Morgan fingerprint density at radius 2 is 2.10 bits per heavy atom. The summed E-state index contributed by atoms with van der Waals surface area (Å²) in [7, 11) is 0. The molecule has 1 aliphatic rings. The van der Waals surface area contributed by atoms with Crippen LogP contribution in [0.2, 0.25) is 0 Å². The van der Waals surface area contributed by atoms with Gasteiger partial charge in [-0.25, -0.2) is 4.39 Å². The molecule has 1 aromatic carbocycles. The van der Waals surface area contributed by atoms with E-state index in [4.69, 9.17) is 4.52 Å². The number of nitrogens with zero attached hydrogens (tertiary/aromatic N) is 2. The van der Waals surface area contributed by atoms with Gasteiger partial charge in [-0.05, 0) is 43.7 Å². The van der Waals surface area contributed by atoms with E-state index in [2.05, 4.69) is 22.4 Å². The molecule has 1 aromatic heterocycles. The summed E-state index contributed by atoms with van der Waals surface area (Å²) in [6, 6.07) is 6.56. The average Bonchev–Trinajstić information content (AvgIpc) is 3.08. The molecule has 3 rings (SSSR count). The first kappa shape index (κ1) is 13.2. The molecule has 5 heteroatoms. The van der Waals surface area contributed by atoms with E-state index in [-0.39, 0.29) is 11.7 Å². The summed E-state index contributed by atoms with van der Waals surface area (Å²) in [6.07, 6.45) is 3.39. The lowest BCUT2D eigenvalue weighted by Gasteiger charge is -2.16. The van der Waals surface area contributed by atoms with E-state index in [9.17, 15) is 4.39 Å². The van der Waals surface area contributed by atoms with Crippen LogP contribution in [0.5, 0.6) is 0 Å². The number of hydrogen-bond acceptors (Lipinski definition) is 4. The minimum atomic E-state index is -0.263. The van der Waals surface area contributed by atoms with Crippen molar-refractivity contribution in [3.05, 3.63) is 36.0 Å². The standard InChI is InChI=1S/C15H18FN3O/c1-2-17-13-5-3-4-12(13)15-18-14(19-20-15)10-6-8-11(16)9-7-10/h6-9,12-13,17H,2-5H2,1H3. The van der Waals surface area contributed by atoms with Crippen LogP contribution in [0.15, 0.2) is 28.8 Å². The van der Waals surface area contributed by atoms with Crippen LogP contribution in [0, 0.1) is 5.82 Å². The second kappa shape index (κ2) is 5.71. The highest BCUT2D eigenvalue weighted by atomic mass is 19.1. The molecule has 1 N–H and O–H groups in total. The summed E-state index contributed by atoms with van der Waals surface area (Å²) in [5.41, 5.74) is 0.777. The fraction of sp³-hybridized carbons (Fsp3) is 0.467. The van der Waals surface area contributed by atoms with Gasteiger partial charge in [-0.1, -0.05) is 18.5 Å². The first-order chi connectivity index (χ1) is 9.78. The van der Waals surface area contributed by atoms with Gasteiger partial charge < -0.3 is 9.84 Å². The molecule has 0 bridgehead atoms. The molecule has 4 nitrogen and oxygen atoms in total. The van der Waals surface area contributed by atoms with E-state index in [1.165, 1.54) is 18.6 Å². The minimum Gasteiger partial charge on any atom is -0.339 e. The molecule has 1 aliphatic carbocycles. The van der Waals surface area contributed by atoms with Crippen LogP contribution in [0.25, 0.3) is 11.4 Å². The molecule has 2 atom stereocenters.